The number of ketones is 2. The summed E-state index contributed by atoms with van der Waals surface area (Å²) in [6.45, 7) is 1.86. The molecule has 1 aliphatic heterocycles. The number of morpholine rings is 1. The van der Waals surface area contributed by atoms with Crippen molar-refractivity contribution in [1.29, 1.82) is 0 Å². The normalized spacial score (nSPS) is 17.0. The Morgan fingerprint density at radius 3 is 2.30 bits per heavy atom. The zero-order valence-electron chi connectivity index (χ0n) is 12.2. The first-order valence-electron chi connectivity index (χ1n) is 7.36. The maximum Gasteiger partial charge on any atom is 0.289 e. The Labute approximate surface area is 131 Å². The number of carbonyl (C=O) groups is 3. The van der Waals surface area contributed by atoms with E-state index in [0.717, 1.165) is 0 Å². The Hall–Kier alpha value is -2.73. The number of nitrogens with zero attached hydrogens (tertiary/aromatic N) is 1. The zero-order chi connectivity index (χ0) is 16.0. The van der Waals surface area contributed by atoms with Crippen molar-refractivity contribution in [3.05, 3.63) is 58.5 Å². The van der Waals surface area contributed by atoms with Gasteiger partial charge in [-0.15, -0.1) is 0 Å². The highest BCUT2D eigenvalue weighted by molar-refractivity contribution is 6.27. The van der Waals surface area contributed by atoms with Crippen LogP contribution < -0.4 is 0 Å². The topological polar surface area (TPSA) is 76.8 Å². The monoisotopic (exact) mass is 311 g/mol. The van der Waals surface area contributed by atoms with Crippen molar-refractivity contribution in [2.75, 3.05) is 26.3 Å². The van der Waals surface area contributed by atoms with Crippen molar-refractivity contribution in [1.82, 2.24) is 4.90 Å². The van der Waals surface area contributed by atoms with Crippen LogP contribution >= 0.6 is 0 Å². The summed E-state index contributed by atoms with van der Waals surface area (Å²) in [6, 6.07) is 7.97. The number of carbonyl (C=O) groups excluding carboxylic acids is 3. The molecule has 1 aromatic carbocycles. The molecule has 1 saturated heterocycles. The third-order valence-corrected chi connectivity index (χ3v) is 4.11. The largest absolute Gasteiger partial charge is 0.447 e. The summed E-state index contributed by atoms with van der Waals surface area (Å²) in [5.41, 5.74) is 0.811. The Morgan fingerprint density at radius 1 is 0.957 bits per heavy atom. The SMILES string of the molecule is O=C1c2ccccc2C(=O)c2oc(C(=O)N3CCOCC3)cc21. The number of ether oxygens (including phenoxy) is 1. The van der Waals surface area contributed by atoms with Crippen molar-refractivity contribution in [2.45, 2.75) is 0 Å². The van der Waals surface area contributed by atoms with Gasteiger partial charge in [-0.25, -0.2) is 0 Å². The van der Waals surface area contributed by atoms with Gasteiger partial charge in [0.15, 0.2) is 17.3 Å². The number of fused-ring (bicyclic) bond motifs is 2. The van der Waals surface area contributed by atoms with Gasteiger partial charge in [0.1, 0.15) is 0 Å². The van der Waals surface area contributed by atoms with Gasteiger partial charge in [0.05, 0.1) is 18.8 Å². The van der Waals surface area contributed by atoms with E-state index >= 15 is 0 Å². The summed E-state index contributed by atoms with van der Waals surface area (Å²) in [7, 11) is 0. The molecule has 1 aliphatic carbocycles. The summed E-state index contributed by atoms with van der Waals surface area (Å²) < 4.78 is 10.7. The maximum absolute atomic E-state index is 12.5. The van der Waals surface area contributed by atoms with E-state index in [-0.39, 0.29) is 34.6 Å². The standard InChI is InChI=1S/C17H13NO5/c19-14-10-3-1-2-4-11(10)15(20)16-12(14)9-13(23-16)17(21)18-5-7-22-8-6-18/h1-4,9H,5-8H2. The highest BCUT2D eigenvalue weighted by atomic mass is 16.5. The number of amides is 1. The van der Waals surface area contributed by atoms with Gasteiger partial charge >= 0.3 is 0 Å². The molecule has 0 radical (unpaired) electrons. The van der Waals surface area contributed by atoms with E-state index in [9.17, 15) is 14.4 Å². The Balaban J connectivity index is 1.73. The predicted molar refractivity (Wildman–Crippen MR) is 78.7 cm³/mol. The molecule has 0 N–H and O–H groups in total. The molecule has 1 aromatic heterocycles. The molecule has 4 rings (SSSR count). The second-order valence-electron chi connectivity index (χ2n) is 5.46. The molecule has 0 bridgehead atoms. The predicted octanol–water partition coefficient (Wildman–Crippen LogP) is 1.53. The minimum atomic E-state index is -0.365. The fourth-order valence-corrected chi connectivity index (χ4v) is 2.90. The molecular formula is C17H13NO5. The van der Waals surface area contributed by atoms with Crippen LogP contribution in [-0.2, 0) is 4.74 Å². The molecule has 23 heavy (non-hydrogen) atoms. The van der Waals surface area contributed by atoms with E-state index in [1.165, 1.54) is 6.07 Å². The molecule has 0 atom stereocenters. The summed E-state index contributed by atoms with van der Waals surface area (Å²) in [5.74, 6) is -1.01. The van der Waals surface area contributed by atoms with Gasteiger partial charge in [0, 0.05) is 30.3 Å². The lowest BCUT2D eigenvalue weighted by Crippen LogP contribution is -2.40. The molecule has 6 heteroatoms. The van der Waals surface area contributed by atoms with E-state index in [2.05, 4.69) is 0 Å². The van der Waals surface area contributed by atoms with E-state index in [0.29, 0.717) is 37.4 Å². The lowest BCUT2D eigenvalue weighted by atomic mass is 9.88. The van der Waals surface area contributed by atoms with Crippen LogP contribution in [0.25, 0.3) is 0 Å². The number of benzene rings is 1. The summed E-state index contributed by atoms with van der Waals surface area (Å²) in [5, 5.41) is 0. The third kappa shape index (κ3) is 2.10. The lowest BCUT2D eigenvalue weighted by molar-refractivity contribution is 0.0282. The average molecular weight is 311 g/mol. The van der Waals surface area contributed by atoms with Crippen LogP contribution in [0.1, 0.15) is 42.6 Å². The van der Waals surface area contributed by atoms with E-state index in [4.69, 9.17) is 9.15 Å². The van der Waals surface area contributed by atoms with Gasteiger partial charge < -0.3 is 14.1 Å². The van der Waals surface area contributed by atoms with Crippen molar-refractivity contribution in [2.24, 2.45) is 0 Å². The maximum atomic E-state index is 12.5. The minimum absolute atomic E-state index is 0.0198. The van der Waals surface area contributed by atoms with Crippen molar-refractivity contribution >= 4 is 17.5 Å². The van der Waals surface area contributed by atoms with Crippen LogP contribution in [0.15, 0.2) is 34.7 Å². The van der Waals surface area contributed by atoms with Gasteiger partial charge in [-0.1, -0.05) is 24.3 Å². The molecule has 116 valence electrons. The minimum Gasteiger partial charge on any atom is -0.447 e. The van der Waals surface area contributed by atoms with E-state index < -0.39 is 0 Å². The van der Waals surface area contributed by atoms with Crippen LogP contribution in [0.5, 0.6) is 0 Å². The van der Waals surface area contributed by atoms with Gasteiger partial charge in [0.25, 0.3) is 5.91 Å². The number of hydrogen-bond donors (Lipinski definition) is 0. The molecular weight excluding hydrogens is 298 g/mol. The van der Waals surface area contributed by atoms with Crippen LogP contribution in [0.2, 0.25) is 0 Å². The van der Waals surface area contributed by atoms with Crippen LogP contribution in [0.4, 0.5) is 0 Å². The van der Waals surface area contributed by atoms with Gasteiger partial charge in [0.2, 0.25) is 5.78 Å². The lowest BCUT2D eigenvalue weighted by Gasteiger charge is -2.25. The first kappa shape index (κ1) is 13.9. The van der Waals surface area contributed by atoms with Gasteiger partial charge in [-0.2, -0.15) is 0 Å². The smallest absolute Gasteiger partial charge is 0.289 e. The van der Waals surface area contributed by atoms with Crippen LogP contribution in [-0.4, -0.2) is 48.7 Å². The highest BCUT2D eigenvalue weighted by Gasteiger charge is 2.35. The summed E-state index contributed by atoms with van der Waals surface area (Å²) in [6.07, 6.45) is 0. The Morgan fingerprint density at radius 2 is 1.61 bits per heavy atom. The molecule has 2 heterocycles. The zero-order valence-corrected chi connectivity index (χ0v) is 12.2. The van der Waals surface area contributed by atoms with Crippen molar-refractivity contribution in [3.63, 3.8) is 0 Å². The third-order valence-electron chi connectivity index (χ3n) is 4.11. The molecule has 6 nitrogen and oxygen atoms in total. The summed E-state index contributed by atoms with van der Waals surface area (Å²) in [4.78, 5) is 39.0. The Bertz CT molecular complexity index is 777. The highest BCUT2D eigenvalue weighted by Crippen LogP contribution is 2.30. The van der Waals surface area contributed by atoms with Crippen LogP contribution in [0, 0.1) is 0 Å². The number of rotatable bonds is 1. The number of hydrogen-bond acceptors (Lipinski definition) is 5. The fourth-order valence-electron chi connectivity index (χ4n) is 2.90. The second-order valence-corrected chi connectivity index (χ2v) is 5.46. The molecule has 0 spiro atoms. The van der Waals surface area contributed by atoms with Gasteiger partial charge in [-0.05, 0) is 0 Å². The van der Waals surface area contributed by atoms with E-state index in [1.54, 1.807) is 29.2 Å². The molecule has 2 aliphatic rings. The quantitative estimate of drug-likeness (QED) is 0.681. The molecule has 0 unspecified atom stereocenters. The summed E-state index contributed by atoms with van der Waals surface area (Å²) >= 11 is 0. The van der Waals surface area contributed by atoms with Crippen molar-refractivity contribution in [3.8, 4) is 0 Å². The van der Waals surface area contributed by atoms with Gasteiger partial charge in [-0.3, -0.25) is 14.4 Å². The van der Waals surface area contributed by atoms with Crippen molar-refractivity contribution < 1.29 is 23.5 Å². The first-order chi connectivity index (χ1) is 11.2. The Kier molecular flexibility index (Phi) is 3.12. The first-order valence-corrected chi connectivity index (χ1v) is 7.36. The number of furan rings is 1. The molecule has 1 fully saturated rings. The average Bonchev–Trinajstić information content (AvgIpc) is 3.05. The molecule has 1 amide bonds. The fraction of sp³-hybridized carbons (Fsp3) is 0.235. The molecule has 0 saturated carbocycles. The second kappa shape index (κ2) is 5.17. The van der Waals surface area contributed by atoms with Crippen LogP contribution in [0.3, 0.4) is 0 Å². The molecule has 2 aromatic rings. The van der Waals surface area contributed by atoms with E-state index in [1.807, 2.05) is 0 Å².